The normalized spacial score (nSPS) is 14.5. The Morgan fingerprint density at radius 1 is 1.11 bits per heavy atom. The van der Waals surface area contributed by atoms with Gasteiger partial charge in [0.1, 0.15) is 0 Å². The summed E-state index contributed by atoms with van der Waals surface area (Å²) in [5.41, 5.74) is 3.60. The van der Waals surface area contributed by atoms with E-state index in [1.807, 2.05) is 36.1 Å². The first-order valence-electron chi connectivity index (χ1n) is 9.01. The molecular weight excluding hydrogens is 340 g/mol. The highest BCUT2D eigenvalue weighted by Crippen LogP contribution is 2.29. The molecule has 2 aromatic carbocycles. The highest BCUT2D eigenvalue weighted by molar-refractivity contribution is 5.98. The highest BCUT2D eigenvalue weighted by atomic mass is 16.5. The maximum atomic E-state index is 12.8. The van der Waals surface area contributed by atoms with Gasteiger partial charge in [0.2, 0.25) is 0 Å². The molecule has 3 rings (SSSR count). The fraction of sp³-hybridized carbons (Fsp3) is 0.318. The van der Waals surface area contributed by atoms with Gasteiger partial charge in [-0.25, -0.2) is 4.79 Å². The molecule has 5 heteroatoms. The molecule has 0 bridgehead atoms. The molecule has 0 atom stereocenters. The van der Waals surface area contributed by atoms with E-state index in [-0.39, 0.29) is 5.91 Å². The van der Waals surface area contributed by atoms with Gasteiger partial charge < -0.3 is 9.64 Å². The van der Waals surface area contributed by atoms with Gasteiger partial charge in [0.05, 0.1) is 24.3 Å². The van der Waals surface area contributed by atoms with E-state index in [1.54, 1.807) is 18.2 Å². The maximum Gasteiger partial charge on any atom is 0.338 e. The summed E-state index contributed by atoms with van der Waals surface area (Å²) in [7, 11) is 1.34. The first-order chi connectivity index (χ1) is 13.0. The van der Waals surface area contributed by atoms with Crippen LogP contribution in [0, 0.1) is 18.3 Å². The number of benzene rings is 2. The van der Waals surface area contributed by atoms with Crippen molar-refractivity contribution in [3.8, 4) is 6.07 Å². The van der Waals surface area contributed by atoms with Crippen molar-refractivity contribution in [2.45, 2.75) is 25.7 Å². The van der Waals surface area contributed by atoms with Crippen LogP contribution in [-0.4, -0.2) is 37.0 Å². The fourth-order valence-corrected chi connectivity index (χ4v) is 3.51. The third kappa shape index (κ3) is 4.01. The summed E-state index contributed by atoms with van der Waals surface area (Å²) in [6.07, 6.45) is 1.76. The Kier molecular flexibility index (Phi) is 5.56. The van der Waals surface area contributed by atoms with Crippen molar-refractivity contribution in [3.05, 3.63) is 70.3 Å². The SMILES string of the molecule is COC(=O)c1cc(C(=O)N2CCC(c3ccc(C#N)cc3)CC2)ccc1C. The van der Waals surface area contributed by atoms with Crippen molar-refractivity contribution >= 4 is 11.9 Å². The third-order valence-electron chi connectivity index (χ3n) is 5.18. The number of nitriles is 1. The Morgan fingerprint density at radius 2 is 1.78 bits per heavy atom. The van der Waals surface area contributed by atoms with E-state index in [0.717, 1.165) is 18.4 Å². The molecule has 1 heterocycles. The average molecular weight is 362 g/mol. The first-order valence-corrected chi connectivity index (χ1v) is 9.01. The summed E-state index contributed by atoms with van der Waals surface area (Å²) in [5, 5.41) is 8.91. The summed E-state index contributed by atoms with van der Waals surface area (Å²) in [6, 6.07) is 15.0. The molecule has 1 amide bonds. The number of hydrogen-bond donors (Lipinski definition) is 0. The summed E-state index contributed by atoms with van der Waals surface area (Å²) in [6.45, 7) is 3.17. The van der Waals surface area contributed by atoms with Crippen molar-refractivity contribution in [1.82, 2.24) is 4.90 Å². The lowest BCUT2D eigenvalue weighted by molar-refractivity contribution is 0.0600. The lowest BCUT2D eigenvalue weighted by atomic mass is 9.89. The van der Waals surface area contributed by atoms with Gasteiger partial charge in [-0.3, -0.25) is 4.79 Å². The Hall–Kier alpha value is -3.13. The van der Waals surface area contributed by atoms with E-state index in [2.05, 4.69) is 6.07 Å². The standard InChI is InChI=1S/C22H22N2O3/c1-15-3-6-19(13-20(15)22(26)27-2)21(25)24-11-9-18(10-12-24)17-7-4-16(14-23)5-8-17/h3-8,13,18H,9-12H2,1-2H3. The quantitative estimate of drug-likeness (QED) is 0.781. The zero-order valence-electron chi connectivity index (χ0n) is 15.6. The third-order valence-corrected chi connectivity index (χ3v) is 5.18. The molecule has 2 aromatic rings. The van der Waals surface area contributed by atoms with Crippen LogP contribution in [0.25, 0.3) is 0 Å². The number of aryl methyl sites for hydroxylation is 1. The van der Waals surface area contributed by atoms with Crippen LogP contribution < -0.4 is 0 Å². The first kappa shape index (κ1) is 18.7. The molecule has 0 radical (unpaired) electrons. The summed E-state index contributed by atoms with van der Waals surface area (Å²) >= 11 is 0. The number of carbonyl (C=O) groups is 2. The smallest absolute Gasteiger partial charge is 0.338 e. The second kappa shape index (κ2) is 8.05. The van der Waals surface area contributed by atoms with Gasteiger partial charge in [-0.05, 0) is 61.1 Å². The van der Waals surface area contributed by atoms with Crippen molar-refractivity contribution in [1.29, 1.82) is 5.26 Å². The van der Waals surface area contributed by atoms with E-state index < -0.39 is 5.97 Å². The van der Waals surface area contributed by atoms with Crippen LogP contribution in [0.3, 0.4) is 0 Å². The number of esters is 1. The summed E-state index contributed by atoms with van der Waals surface area (Å²) in [4.78, 5) is 26.5. The topological polar surface area (TPSA) is 70.4 Å². The average Bonchev–Trinajstić information content (AvgIpc) is 2.73. The van der Waals surface area contributed by atoms with Gasteiger partial charge >= 0.3 is 5.97 Å². The summed E-state index contributed by atoms with van der Waals surface area (Å²) < 4.78 is 4.79. The molecule has 1 fully saturated rings. The van der Waals surface area contributed by atoms with E-state index in [4.69, 9.17) is 10.00 Å². The number of methoxy groups -OCH3 is 1. The highest BCUT2D eigenvalue weighted by Gasteiger charge is 2.25. The van der Waals surface area contributed by atoms with Crippen molar-refractivity contribution in [3.63, 3.8) is 0 Å². The van der Waals surface area contributed by atoms with Crippen LogP contribution in [0.5, 0.6) is 0 Å². The lowest BCUT2D eigenvalue weighted by Crippen LogP contribution is -2.38. The number of likely N-dealkylation sites (tertiary alicyclic amines) is 1. The zero-order chi connectivity index (χ0) is 19.4. The minimum atomic E-state index is -0.429. The molecule has 0 unspecified atom stereocenters. The van der Waals surface area contributed by atoms with Crippen LogP contribution in [0.4, 0.5) is 0 Å². The Morgan fingerprint density at radius 3 is 2.37 bits per heavy atom. The number of ether oxygens (including phenoxy) is 1. The zero-order valence-corrected chi connectivity index (χ0v) is 15.6. The van der Waals surface area contributed by atoms with E-state index in [9.17, 15) is 9.59 Å². The molecule has 0 aliphatic carbocycles. The second-order valence-corrected chi connectivity index (χ2v) is 6.82. The minimum absolute atomic E-state index is 0.0570. The van der Waals surface area contributed by atoms with Crippen LogP contribution in [0.2, 0.25) is 0 Å². The van der Waals surface area contributed by atoms with Crippen molar-refractivity contribution < 1.29 is 14.3 Å². The monoisotopic (exact) mass is 362 g/mol. The van der Waals surface area contributed by atoms with E-state index in [0.29, 0.717) is 35.7 Å². The molecule has 0 spiro atoms. The van der Waals surface area contributed by atoms with Crippen molar-refractivity contribution in [2.24, 2.45) is 0 Å². The van der Waals surface area contributed by atoms with Gasteiger partial charge in [-0.2, -0.15) is 5.26 Å². The molecule has 1 aliphatic heterocycles. The van der Waals surface area contributed by atoms with Gasteiger partial charge in [-0.1, -0.05) is 18.2 Å². The number of hydrogen-bond acceptors (Lipinski definition) is 4. The maximum absolute atomic E-state index is 12.8. The second-order valence-electron chi connectivity index (χ2n) is 6.82. The molecule has 0 saturated carbocycles. The number of amides is 1. The van der Waals surface area contributed by atoms with Crippen LogP contribution in [0.1, 0.15) is 56.2 Å². The number of rotatable bonds is 3. The molecule has 1 aliphatic rings. The molecule has 5 nitrogen and oxygen atoms in total. The molecule has 138 valence electrons. The van der Waals surface area contributed by atoms with Gasteiger partial charge in [0.15, 0.2) is 0 Å². The minimum Gasteiger partial charge on any atom is -0.465 e. The predicted molar refractivity (Wildman–Crippen MR) is 102 cm³/mol. The Bertz CT molecular complexity index is 889. The van der Waals surface area contributed by atoms with Gasteiger partial charge in [0.25, 0.3) is 5.91 Å². The van der Waals surface area contributed by atoms with Crippen LogP contribution >= 0.6 is 0 Å². The fourth-order valence-electron chi connectivity index (χ4n) is 3.51. The molecule has 0 N–H and O–H groups in total. The van der Waals surface area contributed by atoms with E-state index >= 15 is 0 Å². The van der Waals surface area contributed by atoms with E-state index in [1.165, 1.54) is 12.7 Å². The Balaban J connectivity index is 1.68. The Labute approximate surface area is 159 Å². The van der Waals surface area contributed by atoms with Gasteiger partial charge in [0, 0.05) is 18.7 Å². The summed E-state index contributed by atoms with van der Waals surface area (Å²) in [5.74, 6) is -0.0921. The number of nitrogens with zero attached hydrogens (tertiary/aromatic N) is 2. The number of carbonyl (C=O) groups excluding carboxylic acids is 2. The van der Waals surface area contributed by atoms with Gasteiger partial charge in [-0.15, -0.1) is 0 Å². The molecule has 1 saturated heterocycles. The molecule has 27 heavy (non-hydrogen) atoms. The predicted octanol–water partition coefficient (Wildman–Crippen LogP) is 3.67. The molecule has 0 aromatic heterocycles. The van der Waals surface area contributed by atoms with Crippen LogP contribution in [-0.2, 0) is 4.74 Å². The largest absolute Gasteiger partial charge is 0.465 e. The number of piperidine rings is 1. The van der Waals surface area contributed by atoms with Crippen molar-refractivity contribution in [2.75, 3.05) is 20.2 Å². The molecular formula is C22H22N2O3. The van der Waals surface area contributed by atoms with Crippen LogP contribution in [0.15, 0.2) is 42.5 Å². The lowest BCUT2D eigenvalue weighted by Gasteiger charge is -2.32.